The van der Waals surface area contributed by atoms with Gasteiger partial charge >= 0.3 is 0 Å². The Morgan fingerprint density at radius 1 is 1.13 bits per heavy atom. The molecule has 0 unspecified atom stereocenters. The lowest BCUT2D eigenvalue weighted by molar-refractivity contribution is -0.115. The van der Waals surface area contributed by atoms with Crippen molar-refractivity contribution in [3.8, 4) is 22.8 Å². The normalized spacial score (nSPS) is 12.3. The van der Waals surface area contributed by atoms with Crippen molar-refractivity contribution < 1.29 is 14.3 Å². The van der Waals surface area contributed by atoms with Crippen LogP contribution >= 0.6 is 0 Å². The SMILES string of the molecule is COc1ccc(Nc2ncc3c(n2)-c2ccc(CCCN)cc2NC(=O)C3)cc1OC. The Bertz CT molecular complexity index is 1120. The molecule has 4 rings (SSSR count). The van der Waals surface area contributed by atoms with Crippen LogP contribution in [0.1, 0.15) is 17.5 Å². The molecule has 2 heterocycles. The molecular weight excluding hydrogens is 394 g/mol. The number of hydrogen-bond acceptors (Lipinski definition) is 7. The highest BCUT2D eigenvalue weighted by Gasteiger charge is 2.21. The van der Waals surface area contributed by atoms with Gasteiger partial charge in [-0.3, -0.25) is 4.79 Å². The lowest BCUT2D eigenvalue weighted by Crippen LogP contribution is -2.13. The van der Waals surface area contributed by atoms with E-state index in [0.717, 1.165) is 46.6 Å². The number of carbonyl (C=O) groups excluding carboxylic acids is 1. The van der Waals surface area contributed by atoms with Crippen LogP contribution < -0.4 is 25.8 Å². The molecule has 1 aromatic heterocycles. The van der Waals surface area contributed by atoms with E-state index >= 15 is 0 Å². The minimum absolute atomic E-state index is 0.0832. The summed E-state index contributed by atoms with van der Waals surface area (Å²) >= 11 is 0. The van der Waals surface area contributed by atoms with Crippen molar-refractivity contribution in [1.29, 1.82) is 0 Å². The van der Waals surface area contributed by atoms with E-state index in [0.29, 0.717) is 24.0 Å². The number of methoxy groups -OCH3 is 2. The number of ether oxygens (including phenoxy) is 2. The monoisotopic (exact) mass is 419 g/mol. The average molecular weight is 419 g/mol. The fourth-order valence-corrected chi connectivity index (χ4v) is 3.60. The number of fused-ring (bicyclic) bond motifs is 3. The van der Waals surface area contributed by atoms with E-state index in [1.807, 2.05) is 30.3 Å². The second kappa shape index (κ2) is 9.01. The minimum Gasteiger partial charge on any atom is -0.493 e. The van der Waals surface area contributed by atoms with Crippen molar-refractivity contribution in [2.45, 2.75) is 19.3 Å². The Labute approximate surface area is 180 Å². The van der Waals surface area contributed by atoms with Gasteiger partial charge in [-0.1, -0.05) is 12.1 Å². The maximum atomic E-state index is 12.4. The molecule has 2 aromatic carbocycles. The molecule has 0 atom stereocenters. The molecule has 8 heteroatoms. The number of aromatic nitrogens is 2. The molecule has 0 saturated carbocycles. The van der Waals surface area contributed by atoms with Crippen molar-refractivity contribution in [2.75, 3.05) is 31.4 Å². The molecule has 0 spiro atoms. The fourth-order valence-electron chi connectivity index (χ4n) is 3.60. The van der Waals surface area contributed by atoms with Crippen LogP contribution in [-0.4, -0.2) is 36.6 Å². The van der Waals surface area contributed by atoms with Crippen molar-refractivity contribution in [1.82, 2.24) is 9.97 Å². The van der Waals surface area contributed by atoms with Crippen LogP contribution in [0.5, 0.6) is 11.5 Å². The number of aryl methyl sites for hydroxylation is 1. The van der Waals surface area contributed by atoms with Crippen LogP contribution in [-0.2, 0) is 17.6 Å². The predicted octanol–water partition coefficient (Wildman–Crippen LogP) is 3.29. The highest BCUT2D eigenvalue weighted by atomic mass is 16.5. The molecule has 0 bridgehead atoms. The number of rotatable bonds is 7. The van der Waals surface area contributed by atoms with Gasteiger partial charge in [0, 0.05) is 29.1 Å². The number of carbonyl (C=O) groups is 1. The van der Waals surface area contributed by atoms with Gasteiger partial charge in [-0.15, -0.1) is 0 Å². The van der Waals surface area contributed by atoms with Gasteiger partial charge in [0.25, 0.3) is 0 Å². The summed E-state index contributed by atoms with van der Waals surface area (Å²) in [4.78, 5) is 21.5. The van der Waals surface area contributed by atoms with Gasteiger partial charge in [-0.25, -0.2) is 9.97 Å². The Balaban J connectivity index is 1.69. The molecule has 0 aliphatic carbocycles. The van der Waals surface area contributed by atoms with Gasteiger partial charge in [0.05, 0.1) is 32.0 Å². The number of benzene rings is 2. The Morgan fingerprint density at radius 3 is 2.74 bits per heavy atom. The average Bonchev–Trinajstić information content (AvgIpc) is 2.92. The summed E-state index contributed by atoms with van der Waals surface area (Å²) in [5.74, 6) is 1.59. The summed E-state index contributed by atoms with van der Waals surface area (Å²) in [6.07, 6.45) is 3.68. The van der Waals surface area contributed by atoms with Gasteiger partial charge in [0.2, 0.25) is 11.9 Å². The predicted molar refractivity (Wildman–Crippen MR) is 120 cm³/mol. The van der Waals surface area contributed by atoms with Gasteiger partial charge in [-0.05, 0) is 43.1 Å². The van der Waals surface area contributed by atoms with Crippen LogP contribution in [0.2, 0.25) is 0 Å². The van der Waals surface area contributed by atoms with Crippen LogP contribution in [0.15, 0.2) is 42.6 Å². The van der Waals surface area contributed by atoms with Gasteiger partial charge in [-0.2, -0.15) is 0 Å². The number of hydrogen-bond donors (Lipinski definition) is 3. The van der Waals surface area contributed by atoms with Crippen LogP contribution in [0, 0.1) is 0 Å². The fraction of sp³-hybridized carbons (Fsp3) is 0.261. The standard InChI is InChI=1S/C23H25N5O3/c1-30-19-8-6-16(12-20(19)31-2)26-23-25-13-15-11-21(29)27-18-10-14(4-3-9-24)5-7-17(18)22(15)28-23/h5-8,10,12-13H,3-4,9,11,24H2,1-2H3,(H,27,29)(H,25,26,28). The second-order valence-corrected chi connectivity index (χ2v) is 7.26. The molecule has 3 aromatic rings. The molecular formula is C23H25N5O3. The van der Waals surface area contributed by atoms with Crippen LogP contribution in [0.25, 0.3) is 11.3 Å². The molecule has 160 valence electrons. The molecule has 0 saturated heterocycles. The first-order valence-electron chi connectivity index (χ1n) is 10.1. The lowest BCUT2D eigenvalue weighted by atomic mass is 10.0. The zero-order valence-electron chi connectivity index (χ0n) is 17.6. The molecule has 31 heavy (non-hydrogen) atoms. The third kappa shape index (κ3) is 4.44. The van der Waals surface area contributed by atoms with Crippen LogP contribution in [0.3, 0.4) is 0 Å². The molecule has 0 radical (unpaired) electrons. The molecule has 8 nitrogen and oxygen atoms in total. The van der Waals surface area contributed by atoms with Gasteiger partial charge in [0.1, 0.15) is 0 Å². The maximum Gasteiger partial charge on any atom is 0.228 e. The third-order valence-corrected chi connectivity index (χ3v) is 5.14. The largest absolute Gasteiger partial charge is 0.493 e. The van der Waals surface area contributed by atoms with E-state index in [1.54, 1.807) is 20.4 Å². The minimum atomic E-state index is -0.0832. The highest BCUT2D eigenvalue weighted by Crippen LogP contribution is 2.35. The Kier molecular flexibility index (Phi) is 5.99. The second-order valence-electron chi connectivity index (χ2n) is 7.26. The number of nitrogens with one attached hydrogen (secondary N) is 2. The maximum absolute atomic E-state index is 12.4. The summed E-state index contributed by atoms with van der Waals surface area (Å²) < 4.78 is 10.6. The van der Waals surface area contributed by atoms with E-state index < -0.39 is 0 Å². The molecule has 1 amide bonds. The van der Waals surface area contributed by atoms with E-state index in [-0.39, 0.29) is 12.3 Å². The smallest absolute Gasteiger partial charge is 0.228 e. The van der Waals surface area contributed by atoms with Crippen molar-refractivity contribution >= 4 is 23.2 Å². The van der Waals surface area contributed by atoms with Gasteiger partial charge < -0.3 is 25.8 Å². The zero-order valence-corrected chi connectivity index (χ0v) is 17.6. The number of amides is 1. The molecule has 1 aliphatic rings. The van der Waals surface area contributed by atoms with Crippen molar-refractivity contribution in [3.05, 3.63) is 53.7 Å². The quantitative estimate of drug-likeness (QED) is 0.539. The summed E-state index contributed by atoms with van der Waals surface area (Å²) in [6, 6.07) is 11.5. The third-order valence-electron chi connectivity index (χ3n) is 5.14. The van der Waals surface area contributed by atoms with E-state index in [9.17, 15) is 4.79 Å². The summed E-state index contributed by atoms with van der Waals surface area (Å²) in [5.41, 5.74) is 10.7. The van der Waals surface area contributed by atoms with E-state index in [2.05, 4.69) is 21.7 Å². The van der Waals surface area contributed by atoms with Crippen molar-refractivity contribution in [2.24, 2.45) is 5.73 Å². The van der Waals surface area contributed by atoms with Gasteiger partial charge in [0.15, 0.2) is 11.5 Å². The Morgan fingerprint density at radius 2 is 1.97 bits per heavy atom. The summed E-state index contributed by atoms with van der Waals surface area (Å²) in [5, 5.41) is 6.20. The topological polar surface area (TPSA) is 111 Å². The zero-order chi connectivity index (χ0) is 21.8. The molecule has 4 N–H and O–H groups in total. The number of nitrogens with zero attached hydrogens (tertiary/aromatic N) is 2. The van der Waals surface area contributed by atoms with Crippen LogP contribution in [0.4, 0.5) is 17.3 Å². The van der Waals surface area contributed by atoms with E-state index in [4.69, 9.17) is 20.2 Å². The lowest BCUT2D eigenvalue weighted by Gasteiger charge is -2.13. The molecule has 1 aliphatic heterocycles. The number of nitrogens with two attached hydrogens (primary N) is 1. The first-order chi connectivity index (χ1) is 15.1. The summed E-state index contributed by atoms with van der Waals surface area (Å²) in [6.45, 7) is 0.630. The van der Waals surface area contributed by atoms with E-state index in [1.165, 1.54) is 0 Å². The highest BCUT2D eigenvalue weighted by molar-refractivity contribution is 6.00. The van der Waals surface area contributed by atoms with Crippen molar-refractivity contribution in [3.63, 3.8) is 0 Å². The molecule has 0 fully saturated rings. The Hall–Kier alpha value is -3.65. The first-order valence-corrected chi connectivity index (χ1v) is 10.1. The summed E-state index contributed by atoms with van der Waals surface area (Å²) in [7, 11) is 3.18. The number of anilines is 3. The first kappa shape index (κ1) is 20.6.